The van der Waals surface area contributed by atoms with E-state index >= 15 is 0 Å². The summed E-state index contributed by atoms with van der Waals surface area (Å²) in [4.78, 5) is 26.4. The molecule has 1 N–H and O–H groups in total. The number of carbonyl (C=O) groups is 2. The summed E-state index contributed by atoms with van der Waals surface area (Å²) in [5, 5.41) is 8.85. The van der Waals surface area contributed by atoms with Crippen LogP contribution in [0.1, 0.15) is 25.8 Å². The minimum absolute atomic E-state index is 0.0543. The van der Waals surface area contributed by atoms with E-state index in [4.69, 9.17) is 5.11 Å². The Morgan fingerprint density at radius 1 is 1.35 bits per heavy atom. The molecule has 0 aliphatic heterocycles. The Balaban J connectivity index is 2.87. The Bertz CT molecular complexity index is 488. The maximum atomic E-state index is 12.5. The number of carboxylic acid groups (broad SMARTS) is 1. The van der Waals surface area contributed by atoms with E-state index in [1.165, 1.54) is 0 Å². The van der Waals surface area contributed by atoms with E-state index < -0.39 is 5.97 Å². The molecule has 0 aromatic heterocycles. The number of nitrogens with zero attached hydrogens (tertiary/aromatic N) is 2. The molecule has 2 amide bonds. The van der Waals surface area contributed by atoms with E-state index in [1.54, 1.807) is 23.8 Å². The highest BCUT2D eigenvalue weighted by molar-refractivity contribution is 5.92. The summed E-state index contributed by atoms with van der Waals surface area (Å²) in [7, 11) is 1.70. The second-order valence-electron chi connectivity index (χ2n) is 4.91. The molecule has 1 atom stereocenters. The van der Waals surface area contributed by atoms with Crippen molar-refractivity contribution in [1.82, 2.24) is 4.90 Å². The standard InChI is InChI=1S/C15H22N2O3/c1-5-17(12(3)10-14(18)19)15(20)16(4)13-8-6-7-11(2)9-13/h6-9,12H,5,10H2,1-4H3,(H,18,19). The van der Waals surface area contributed by atoms with Crippen molar-refractivity contribution < 1.29 is 14.7 Å². The topological polar surface area (TPSA) is 60.9 Å². The molecule has 0 saturated carbocycles. The number of hydrogen-bond acceptors (Lipinski definition) is 2. The van der Waals surface area contributed by atoms with Crippen molar-refractivity contribution in [2.45, 2.75) is 33.2 Å². The highest BCUT2D eigenvalue weighted by atomic mass is 16.4. The SMILES string of the molecule is CCN(C(=O)N(C)c1cccc(C)c1)C(C)CC(=O)O. The predicted molar refractivity (Wildman–Crippen MR) is 79.1 cm³/mol. The van der Waals surface area contributed by atoms with Gasteiger partial charge in [-0.2, -0.15) is 0 Å². The molecule has 1 rings (SSSR count). The predicted octanol–water partition coefficient (Wildman–Crippen LogP) is 2.74. The zero-order chi connectivity index (χ0) is 15.3. The summed E-state index contributed by atoms with van der Waals surface area (Å²) in [6, 6.07) is 7.12. The number of carboxylic acids is 1. The first-order valence-corrected chi connectivity index (χ1v) is 6.69. The number of benzene rings is 1. The fourth-order valence-corrected chi connectivity index (χ4v) is 2.14. The molecule has 5 heteroatoms. The van der Waals surface area contributed by atoms with Crippen LogP contribution in [-0.4, -0.2) is 41.6 Å². The van der Waals surface area contributed by atoms with Gasteiger partial charge in [0, 0.05) is 25.3 Å². The summed E-state index contributed by atoms with van der Waals surface area (Å²) in [5.41, 5.74) is 1.87. The van der Waals surface area contributed by atoms with Crippen molar-refractivity contribution in [3.8, 4) is 0 Å². The van der Waals surface area contributed by atoms with Gasteiger partial charge in [0.25, 0.3) is 0 Å². The summed E-state index contributed by atoms with van der Waals surface area (Å²) >= 11 is 0. The fraction of sp³-hybridized carbons (Fsp3) is 0.467. The number of aryl methyl sites for hydroxylation is 1. The highest BCUT2D eigenvalue weighted by Gasteiger charge is 2.24. The summed E-state index contributed by atoms with van der Waals surface area (Å²) in [5.74, 6) is -0.901. The molecule has 1 aromatic carbocycles. The number of aliphatic carboxylic acids is 1. The van der Waals surface area contributed by atoms with Crippen LogP contribution in [0.25, 0.3) is 0 Å². The molecule has 0 radical (unpaired) electrons. The minimum Gasteiger partial charge on any atom is -0.481 e. The van der Waals surface area contributed by atoms with E-state index in [1.807, 2.05) is 38.1 Å². The number of carbonyl (C=O) groups excluding carboxylic acids is 1. The maximum absolute atomic E-state index is 12.5. The number of amides is 2. The normalized spacial score (nSPS) is 11.8. The van der Waals surface area contributed by atoms with Crippen LogP contribution in [0.4, 0.5) is 10.5 Å². The van der Waals surface area contributed by atoms with Crippen LogP contribution in [0.15, 0.2) is 24.3 Å². The van der Waals surface area contributed by atoms with E-state index in [9.17, 15) is 9.59 Å². The first kappa shape index (κ1) is 16.0. The molecule has 1 unspecified atom stereocenters. The van der Waals surface area contributed by atoms with Gasteiger partial charge in [0.2, 0.25) is 0 Å². The van der Waals surface area contributed by atoms with Gasteiger partial charge in [-0.1, -0.05) is 12.1 Å². The maximum Gasteiger partial charge on any atom is 0.324 e. The Hall–Kier alpha value is -2.04. The molecule has 0 aliphatic rings. The number of hydrogen-bond donors (Lipinski definition) is 1. The molecule has 0 heterocycles. The first-order chi connectivity index (χ1) is 9.36. The average Bonchev–Trinajstić information content (AvgIpc) is 2.37. The van der Waals surface area contributed by atoms with Gasteiger partial charge in [-0.3, -0.25) is 9.69 Å². The Morgan fingerprint density at radius 3 is 2.50 bits per heavy atom. The summed E-state index contributed by atoms with van der Waals surface area (Å²) < 4.78 is 0. The molecular formula is C15H22N2O3. The lowest BCUT2D eigenvalue weighted by Crippen LogP contribution is -2.46. The van der Waals surface area contributed by atoms with Crippen molar-refractivity contribution in [3.05, 3.63) is 29.8 Å². The van der Waals surface area contributed by atoms with E-state index in [-0.39, 0.29) is 18.5 Å². The second kappa shape index (κ2) is 6.93. The third-order valence-electron chi connectivity index (χ3n) is 3.26. The minimum atomic E-state index is -0.901. The third kappa shape index (κ3) is 3.98. The largest absolute Gasteiger partial charge is 0.481 e. The van der Waals surface area contributed by atoms with Crippen molar-refractivity contribution in [2.75, 3.05) is 18.5 Å². The van der Waals surface area contributed by atoms with Crippen molar-refractivity contribution in [2.24, 2.45) is 0 Å². The molecule has 0 spiro atoms. The first-order valence-electron chi connectivity index (χ1n) is 6.69. The van der Waals surface area contributed by atoms with Gasteiger partial charge in [0.05, 0.1) is 6.42 Å². The van der Waals surface area contributed by atoms with Crippen LogP contribution < -0.4 is 4.90 Å². The Morgan fingerprint density at radius 2 is 2.00 bits per heavy atom. The Kier molecular flexibility index (Phi) is 5.55. The highest BCUT2D eigenvalue weighted by Crippen LogP contribution is 2.17. The summed E-state index contributed by atoms with van der Waals surface area (Å²) in [6.07, 6.45) is -0.0543. The van der Waals surface area contributed by atoms with Gasteiger partial charge >= 0.3 is 12.0 Å². The van der Waals surface area contributed by atoms with E-state index in [2.05, 4.69) is 0 Å². The van der Waals surface area contributed by atoms with Crippen molar-refractivity contribution in [1.29, 1.82) is 0 Å². The smallest absolute Gasteiger partial charge is 0.324 e. The summed E-state index contributed by atoms with van der Waals surface area (Å²) in [6.45, 7) is 6.04. The molecule has 0 saturated heterocycles. The lowest BCUT2D eigenvalue weighted by Gasteiger charge is -2.31. The number of urea groups is 1. The van der Waals surface area contributed by atoms with E-state index in [0.29, 0.717) is 6.54 Å². The van der Waals surface area contributed by atoms with Crippen LogP contribution >= 0.6 is 0 Å². The van der Waals surface area contributed by atoms with Gasteiger partial charge in [0.1, 0.15) is 0 Å². The zero-order valence-electron chi connectivity index (χ0n) is 12.5. The van der Waals surface area contributed by atoms with Gasteiger partial charge in [-0.25, -0.2) is 4.79 Å². The lowest BCUT2D eigenvalue weighted by atomic mass is 10.2. The van der Waals surface area contributed by atoms with Gasteiger partial charge in [-0.05, 0) is 38.5 Å². The molecule has 5 nitrogen and oxygen atoms in total. The van der Waals surface area contributed by atoms with Crippen LogP contribution in [-0.2, 0) is 4.79 Å². The molecule has 20 heavy (non-hydrogen) atoms. The van der Waals surface area contributed by atoms with Crippen molar-refractivity contribution >= 4 is 17.7 Å². The molecule has 0 aliphatic carbocycles. The molecule has 1 aromatic rings. The second-order valence-corrected chi connectivity index (χ2v) is 4.91. The van der Waals surface area contributed by atoms with E-state index in [0.717, 1.165) is 11.3 Å². The van der Waals surface area contributed by atoms with Gasteiger partial charge < -0.3 is 10.0 Å². The van der Waals surface area contributed by atoms with Crippen LogP contribution in [0.5, 0.6) is 0 Å². The third-order valence-corrected chi connectivity index (χ3v) is 3.26. The van der Waals surface area contributed by atoms with Crippen LogP contribution in [0.2, 0.25) is 0 Å². The Labute approximate surface area is 119 Å². The van der Waals surface area contributed by atoms with Crippen molar-refractivity contribution in [3.63, 3.8) is 0 Å². The van der Waals surface area contributed by atoms with Gasteiger partial charge in [0.15, 0.2) is 0 Å². The quantitative estimate of drug-likeness (QED) is 0.901. The molecule has 110 valence electrons. The lowest BCUT2D eigenvalue weighted by molar-refractivity contribution is -0.138. The monoisotopic (exact) mass is 278 g/mol. The molecule has 0 fully saturated rings. The molecule has 0 bridgehead atoms. The zero-order valence-corrected chi connectivity index (χ0v) is 12.5. The van der Waals surface area contributed by atoms with Crippen LogP contribution in [0.3, 0.4) is 0 Å². The molecular weight excluding hydrogens is 256 g/mol. The number of rotatable bonds is 5. The fourth-order valence-electron chi connectivity index (χ4n) is 2.14. The number of anilines is 1. The van der Waals surface area contributed by atoms with Crippen LogP contribution in [0, 0.1) is 6.92 Å². The average molecular weight is 278 g/mol. The van der Waals surface area contributed by atoms with Gasteiger partial charge in [-0.15, -0.1) is 0 Å².